The van der Waals surface area contributed by atoms with Crippen LogP contribution in [0.3, 0.4) is 0 Å². The Balaban J connectivity index is 1.63. The molecule has 1 heterocycles. The smallest absolute Gasteiger partial charge is 0.330 e. The van der Waals surface area contributed by atoms with Crippen LogP contribution in [0.15, 0.2) is 91.0 Å². The van der Waals surface area contributed by atoms with Crippen LogP contribution in [-0.2, 0) is 19.1 Å². The molecule has 170 valence electrons. The molecule has 0 saturated carbocycles. The molecule has 0 amide bonds. The molecule has 2 atom stereocenters. The number of benzene rings is 3. The Morgan fingerprint density at radius 2 is 1.39 bits per heavy atom. The van der Waals surface area contributed by atoms with Crippen molar-refractivity contribution < 1.29 is 14.3 Å². The van der Waals surface area contributed by atoms with Gasteiger partial charge in [-0.15, -0.1) is 11.8 Å². The first-order chi connectivity index (χ1) is 16.1. The van der Waals surface area contributed by atoms with Gasteiger partial charge in [0.25, 0.3) is 0 Å². The van der Waals surface area contributed by atoms with Crippen LogP contribution < -0.4 is 5.32 Å². The van der Waals surface area contributed by atoms with Crippen molar-refractivity contribution in [3.05, 3.63) is 108 Å². The summed E-state index contributed by atoms with van der Waals surface area (Å²) in [5.41, 5.74) is 3.41. The Labute approximate surface area is 199 Å². The first kappa shape index (κ1) is 23.3. The number of nitrogens with one attached hydrogen (secondary N) is 1. The minimum Gasteiger partial charge on any atom is -0.392 e. The molecule has 3 aromatic rings. The third kappa shape index (κ3) is 5.21. The summed E-state index contributed by atoms with van der Waals surface area (Å²) in [6.45, 7) is 2.61. The summed E-state index contributed by atoms with van der Waals surface area (Å²) >= 11 is 1.70. The van der Waals surface area contributed by atoms with E-state index in [1.54, 1.807) is 11.8 Å². The summed E-state index contributed by atoms with van der Waals surface area (Å²) in [4.78, 5) is 25.1. The number of esters is 2. The van der Waals surface area contributed by atoms with E-state index in [1.165, 1.54) is 0 Å². The van der Waals surface area contributed by atoms with Crippen molar-refractivity contribution >= 4 is 23.7 Å². The van der Waals surface area contributed by atoms with E-state index in [4.69, 9.17) is 4.74 Å². The van der Waals surface area contributed by atoms with Crippen molar-refractivity contribution in [2.45, 2.75) is 30.6 Å². The maximum absolute atomic E-state index is 12.8. The van der Waals surface area contributed by atoms with Gasteiger partial charge >= 0.3 is 11.9 Å². The molecule has 1 N–H and O–H groups in total. The van der Waals surface area contributed by atoms with E-state index in [2.05, 4.69) is 41.7 Å². The lowest BCUT2D eigenvalue weighted by molar-refractivity contribution is -0.163. The summed E-state index contributed by atoms with van der Waals surface area (Å²) in [6, 6.07) is 30.7. The second-order valence-corrected chi connectivity index (χ2v) is 9.61. The standard InChI is InChI=1S/C28H29NO3S/c1-21(26(30)32-27(31)25-18-11-19-29-25)20-33-28(22-12-5-2-6-13-22,23-14-7-3-8-15-23)24-16-9-4-10-17-24/h2-10,12-17,21,25,29H,11,18-20H2,1H3/t21?,25-/m0/s1. The zero-order valence-corrected chi connectivity index (χ0v) is 19.6. The molecule has 3 aromatic carbocycles. The van der Waals surface area contributed by atoms with Crippen molar-refractivity contribution in [2.24, 2.45) is 5.92 Å². The molecule has 1 fully saturated rings. The molecule has 4 nitrogen and oxygen atoms in total. The van der Waals surface area contributed by atoms with E-state index in [0.29, 0.717) is 12.2 Å². The molecular weight excluding hydrogens is 430 g/mol. The number of hydrogen-bond acceptors (Lipinski definition) is 5. The number of rotatable bonds is 8. The molecule has 0 aromatic heterocycles. The third-order valence-corrected chi connectivity index (χ3v) is 7.85. The van der Waals surface area contributed by atoms with Crippen molar-refractivity contribution in [1.29, 1.82) is 0 Å². The maximum atomic E-state index is 12.8. The Morgan fingerprint density at radius 1 is 0.909 bits per heavy atom. The largest absolute Gasteiger partial charge is 0.392 e. The Morgan fingerprint density at radius 3 is 1.82 bits per heavy atom. The number of ether oxygens (including phenoxy) is 1. The van der Waals surface area contributed by atoms with E-state index < -0.39 is 22.6 Å². The van der Waals surface area contributed by atoms with Crippen LogP contribution in [0.5, 0.6) is 0 Å². The Kier molecular flexibility index (Phi) is 7.63. The van der Waals surface area contributed by atoms with E-state index >= 15 is 0 Å². The van der Waals surface area contributed by atoms with Gasteiger partial charge < -0.3 is 10.1 Å². The quantitative estimate of drug-likeness (QED) is 0.286. The summed E-state index contributed by atoms with van der Waals surface area (Å²) in [5, 5.41) is 3.09. The van der Waals surface area contributed by atoms with Gasteiger partial charge in [0.2, 0.25) is 0 Å². The van der Waals surface area contributed by atoms with E-state index in [0.717, 1.165) is 29.7 Å². The number of thioether (sulfide) groups is 1. The van der Waals surface area contributed by atoms with E-state index in [-0.39, 0.29) is 6.04 Å². The van der Waals surface area contributed by atoms with Gasteiger partial charge in [-0.3, -0.25) is 4.79 Å². The fourth-order valence-electron chi connectivity index (χ4n) is 4.24. The normalized spacial score (nSPS) is 16.8. The molecule has 1 unspecified atom stereocenters. The summed E-state index contributed by atoms with van der Waals surface area (Å²) in [6.07, 6.45) is 1.64. The molecule has 0 radical (unpaired) electrons. The highest BCUT2D eigenvalue weighted by Gasteiger charge is 2.38. The topological polar surface area (TPSA) is 55.4 Å². The molecule has 4 rings (SSSR count). The van der Waals surface area contributed by atoms with Gasteiger partial charge in [0, 0.05) is 5.75 Å². The zero-order chi connectivity index (χ0) is 23.1. The number of carbonyl (C=O) groups is 2. The molecule has 33 heavy (non-hydrogen) atoms. The van der Waals surface area contributed by atoms with Crippen LogP contribution in [0.2, 0.25) is 0 Å². The van der Waals surface area contributed by atoms with Crippen LogP contribution in [0.25, 0.3) is 0 Å². The highest BCUT2D eigenvalue weighted by atomic mass is 32.2. The fraction of sp³-hybridized carbons (Fsp3) is 0.286. The molecule has 0 spiro atoms. The maximum Gasteiger partial charge on any atom is 0.330 e. The molecule has 1 aliphatic rings. The average Bonchev–Trinajstić information content (AvgIpc) is 3.42. The second kappa shape index (κ2) is 10.8. The molecule has 1 saturated heterocycles. The highest BCUT2D eigenvalue weighted by Crippen LogP contribution is 2.49. The van der Waals surface area contributed by atoms with Crippen LogP contribution in [-0.4, -0.2) is 30.3 Å². The van der Waals surface area contributed by atoms with Crippen molar-refractivity contribution in [3.8, 4) is 0 Å². The van der Waals surface area contributed by atoms with E-state index in [9.17, 15) is 9.59 Å². The SMILES string of the molecule is CC(CSC(c1ccccc1)(c1ccccc1)c1ccccc1)C(=O)OC(=O)[C@@H]1CCCN1. The zero-order valence-electron chi connectivity index (χ0n) is 18.8. The van der Waals surface area contributed by atoms with Crippen molar-refractivity contribution in [2.75, 3.05) is 12.3 Å². The molecule has 0 aliphatic carbocycles. The van der Waals surface area contributed by atoms with Gasteiger partial charge in [0.05, 0.1) is 10.7 Å². The van der Waals surface area contributed by atoms with Crippen molar-refractivity contribution in [1.82, 2.24) is 5.32 Å². The first-order valence-corrected chi connectivity index (χ1v) is 12.4. The number of hydrogen-bond donors (Lipinski definition) is 1. The lowest BCUT2D eigenvalue weighted by atomic mass is 9.84. The van der Waals surface area contributed by atoms with Gasteiger partial charge in [-0.2, -0.15) is 0 Å². The predicted octanol–water partition coefficient (Wildman–Crippen LogP) is 5.17. The molecular formula is C28H29NO3S. The molecule has 1 aliphatic heterocycles. The summed E-state index contributed by atoms with van der Waals surface area (Å²) in [7, 11) is 0. The monoisotopic (exact) mass is 459 g/mol. The van der Waals surface area contributed by atoms with Crippen LogP contribution in [0.4, 0.5) is 0 Å². The van der Waals surface area contributed by atoms with Crippen molar-refractivity contribution in [3.63, 3.8) is 0 Å². The van der Waals surface area contributed by atoms with Gasteiger partial charge in [-0.1, -0.05) is 97.9 Å². The number of carbonyl (C=O) groups excluding carboxylic acids is 2. The summed E-state index contributed by atoms with van der Waals surface area (Å²) < 4.78 is 4.72. The minimum atomic E-state index is -0.505. The lowest BCUT2D eigenvalue weighted by Crippen LogP contribution is -2.35. The van der Waals surface area contributed by atoms with Gasteiger partial charge in [0.15, 0.2) is 0 Å². The van der Waals surface area contributed by atoms with E-state index in [1.807, 2.05) is 61.5 Å². The Bertz CT molecular complexity index is 954. The summed E-state index contributed by atoms with van der Waals surface area (Å²) in [5.74, 6) is -0.863. The Hall–Kier alpha value is -2.89. The van der Waals surface area contributed by atoms with Gasteiger partial charge in [-0.25, -0.2) is 4.79 Å². The second-order valence-electron chi connectivity index (χ2n) is 8.38. The fourth-order valence-corrected chi connectivity index (χ4v) is 5.79. The minimum absolute atomic E-state index is 0.370. The van der Waals surface area contributed by atoms with Crippen LogP contribution in [0.1, 0.15) is 36.5 Å². The average molecular weight is 460 g/mol. The lowest BCUT2D eigenvalue weighted by Gasteiger charge is -2.36. The molecule has 0 bridgehead atoms. The third-order valence-electron chi connectivity index (χ3n) is 6.04. The first-order valence-electron chi connectivity index (χ1n) is 11.4. The highest BCUT2D eigenvalue weighted by molar-refractivity contribution is 8.00. The predicted molar refractivity (Wildman–Crippen MR) is 133 cm³/mol. The van der Waals surface area contributed by atoms with Crippen LogP contribution in [0, 0.1) is 5.92 Å². The van der Waals surface area contributed by atoms with Crippen LogP contribution >= 0.6 is 11.8 Å². The van der Waals surface area contributed by atoms with Gasteiger partial charge in [0.1, 0.15) is 6.04 Å². The van der Waals surface area contributed by atoms with Gasteiger partial charge in [-0.05, 0) is 36.1 Å². The molecule has 5 heteroatoms.